The molecular formula is C18H17N3O6S. The van der Waals surface area contributed by atoms with E-state index in [1.165, 1.54) is 36.0 Å². The number of hydrogen-bond donors (Lipinski definition) is 2. The molecule has 0 fully saturated rings. The Bertz CT molecular complexity index is 868. The van der Waals surface area contributed by atoms with Crippen molar-refractivity contribution in [3.8, 4) is 0 Å². The zero-order valence-corrected chi connectivity index (χ0v) is 15.7. The van der Waals surface area contributed by atoms with Gasteiger partial charge >= 0.3 is 5.97 Å². The van der Waals surface area contributed by atoms with Crippen LogP contribution in [0.5, 0.6) is 0 Å². The molecule has 9 nitrogen and oxygen atoms in total. The molecule has 0 unspecified atom stereocenters. The number of hydrazine groups is 1. The molecule has 2 aromatic rings. The van der Waals surface area contributed by atoms with Gasteiger partial charge in [-0.2, -0.15) is 0 Å². The molecule has 0 aliphatic heterocycles. The topological polar surface area (TPSA) is 128 Å². The summed E-state index contributed by atoms with van der Waals surface area (Å²) >= 11 is 1.28. The average Bonchev–Trinajstić information content (AvgIpc) is 2.70. The van der Waals surface area contributed by atoms with E-state index in [0.29, 0.717) is 0 Å². The number of nitrogens with one attached hydrogen (secondary N) is 2. The first-order valence-electron chi connectivity index (χ1n) is 8.04. The smallest absolute Gasteiger partial charge is 0.316 e. The van der Waals surface area contributed by atoms with E-state index in [9.17, 15) is 24.5 Å². The fourth-order valence-corrected chi connectivity index (χ4v) is 2.63. The Hall–Kier alpha value is -3.40. The Balaban J connectivity index is 1.68. The number of non-ortho nitro benzene ring substituents is 1. The van der Waals surface area contributed by atoms with Gasteiger partial charge in [-0.1, -0.05) is 17.7 Å². The summed E-state index contributed by atoms with van der Waals surface area (Å²) in [5.41, 5.74) is 5.30. The summed E-state index contributed by atoms with van der Waals surface area (Å²) < 4.78 is 4.83. The molecule has 28 heavy (non-hydrogen) atoms. The zero-order valence-electron chi connectivity index (χ0n) is 14.8. The minimum absolute atomic E-state index is 0.0471. The third-order valence-electron chi connectivity index (χ3n) is 3.40. The highest BCUT2D eigenvalue weighted by atomic mass is 32.2. The number of nitrogens with zero attached hydrogens (tertiary/aromatic N) is 1. The first-order valence-corrected chi connectivity index (χ1v) is 9.02. The molecule has 0 bridgehead atoms. The molecule has 0 spiro atoms. The second kappa shape index (κ2) is 10.1. The lowest BCUT2D eigenvalue weighted by atomic mass is 10.2. The molecule has 0 aromatic heterocycles. The number of ether oxygens (including phenoxy) is 1. The average molecular weight is 403 g/mol. The summed E-state index contributed by atoms with van der Waals surface area (Å²) in [4.78, 5) is 46.0. The quantitative estimate of drug-likeness (QED) is 0.313. The Morgan fingerprint density at radius 3 is 2.29 bits per heavy atom. The van der Waals surface area contributed by atoms with Crippen LogP contribution in [0.25, 0.3) is 0 Å². The van der Waals surface area contributed by atoms with Crippen molar-refractivity contribution in [2.24, 2.45) is 0 Å². The number of benzene rings is 2. The van der Waals surface area contributed by atoms with Gasteiger partial charge in [0.25, 0.3) is 17.5 Å². The number of thioether (sulfide) groups is 1. The number of nitro benzene ring substituents is 1. The van der Waals surface area contributed by atoms with E-state index in [2.05, 4.69) is 10.9 Å². The Kier molecular flexibility index (Phi) is 7.52. The van der Waals surface area contributed by atoms with Crippen LogP contribution in [0.4, 0.5) is 5.69 Å². The highest BCUT2D eigenvalue weighted by Gasteiger charge is 2.12. The molecular weight excluding hydrogens is 386 g/mol. The Morgan fingerprint density at radius 1 is 1.04 bits per heavy atom. The van der Waals surface area contributed by atoms with Crippen LogP contribution >= 0.6 is 11.8 Å². The van der Waals surface area contributed by atoms with Gasteiger partial charge in [-0.3, -0.25) is 35.3 Å². The lowest BCUT2D eigenvalue weighted by molar-refractivity contribution is -0.384. The van der Waals surface area contributed by atoms with Crippen LogP contribution in [0.3, 0.4) is 0 Å². The van der Waals surface area contributed by atoms with E-state index in [1.807, 2.05) is 31.2 Å². The normalized spacial score (nSPS) is 10.0. The van der Waals surface area contributed by atoms with E-state index in [1.54, 1.807) is 0 Å². The van der Waals surface area contributed by atoms with Crippen molar-refractivity contribution < 1.29 is 24.0 Å². The fourth-order valence-electron chi connectivity index (χ4n) is 1.93. The monoisotopic (exact) mass is 403 g/mol. The highest BCUT2D eigenvalue weighted by Crippen LogP contribution is 2.18. The van der Waals surface area contributed by atoms with Gasteiger partial charge in [0, 0.05) is 22.6 Å². The highest BCUT2D eigenvalue weighted by molar-refractivity contribution is 8.00. The van der Waals surface area contributed by atoms with Gasteiger partial charge in [-0.05, 0) is 31.2 Å². The molecule has 2 N–H and O–H groups in total. The molecule has 2 rings (SSSR count). The Labute approximate surface area is 164 Å². The summed E-state index contributed by atoms with van der Waals surface area (Å²) in [5, 5.41) is 10.6. The number of esters is 1. The van der Waals surface area contributed by atoms with Crippen molar-refractivity contribution >= 4 is 35.2 Å². The molecule has 0 saturated carbocycles. The molecule has 2 aromatic carbocycles. The second-order valence-electron chi connectivity index (χ2n) is 5.57. The van der Waals surface area contributed by atoms with E-state index in [0.717, 1.165) is 10.5 Å². The molecule has 0 heterocycles. The summed E-state index contributed by atoms with van der Waals surface area (Å²) in [7, 11) is 0. The van der Waals surface area contributed by atoms with Crippen molar-refractivity contribution in [2.75, 3.05) is 12.4 Å². The fraction of sp³-hybridized carbons (Fsp3) is 0.167. The van der Waals surface area contributed by atoms with Gasteiger partial charge in [0.05, 0.1) is 10.7 Å². The largest absolute Gasteiger partial charge is 0.455 e. The number of hydrogen-bond acceptors (Lipinski definition) is 7. The molecule has 10 heteroatoms. The summed E-state index contributed by atoms with van der Waals surface area (Å²) in [6, 6.07) is 12.5. The summed E-state index contributed by atoms with van der Waals surface area (Å²) in [6.07, 6.45) is 0. The molecule has 2 amide bonds. The van der Waals surface area contributed by atoms with Gasteiger partial charge < -0.3 is 4.74 Å². The molecule has 146 valence electrons. The van der Waals surface area contributed by atoms with Crippen molar-refractivity contribution in [2.45, 2.75) is 11.8 Å². The minimum Gasteiger partial charge on any atom is -0.455 e. The van der Waals surface area contributed by atoms with Gasteiger partial charge in [-0.25, -0.2) is 0 Å². The van der Waals surface area contributed by atoms with Gasteiger partial charge in [0.2, 0.25) is 0 Å². The number of nitro groups is 1. The van der Waals surface area contributed by atoms with Crippen molar-refractivity contribution in [1.29, 1.82) is 0 Å². The number of rotatable bonds is 7. The standard InChI is InChI=1S/C18H17N3O6S/c1-12-2-8-15(9-3-12)28-11-17(23)27-10-16(22)19-20-18(24)13-4-6-14(7-5-13)21(25)26/h2-9H,10-11H2,1H3,(H,19,22)(H,20,24). The molecule has 0 saturated heterocycles. The van der Waals surface area contributed by atoms with Gasteiger partial charge in [0.1, 0.15) is 0 Å². The lowest BCUT2D eigenvalue weighted by Gasteiger charge is -2.08. The van der Waals surface area contributed by atoms with E-state index < -0.39 is 29.3 Å². The van der Waals surface area contributed by atoms with Crippen LogP contribution in [-0.2, 0) is 14.3 Å². The zero-order chi connectivity index (χ0) is 20.5. The minimum atomic E-state index is -0.719. The second-order valence-corrected chi connectivity index (χ2v) is 6.62. The SMILES string of the molecule is Cc1ccc(SCC(=O)OCC(=O)NNC(=O)c2ccc([N+](=O)[O-])cc2)cc1. The van der Waals surface area contributed by atoms with Crippen LogP contribution in [0.1, 0.15) is 15.9 Å². The van der Waals surface area contributed by atoms with E-state index in [4.69, 9.17) is 4.74 Å². The maximum absolute atomic E-state index is 11.8. The third-order valence-corrected chi connectivity index (χ3v) is 4.38. The van der Waals surface area contributed by atoms with Crippen molar-refractivity contribution in [1.82, 2.24) is 10.9 Å². The predicted octanol–water partition coefficient (Wildman–Crippen LogP) is 2.00. The molecule has 0 aliphatic carbocycles. The van der Waals surface area contributed by atoms with Gasteiger partial charge in [0.15, 0.2) is 6.61 Å². The molecule has 0 atom stereocenters. The Morgan fingerprint density at radius 2 is 1.68 bits per heavy atom. The first kappa shape index (κ1) is 20.9. The van der Waals surface area contributed by atoms with Crippen LogP contribution in [-0.4, -0.2) is 35.1 Å². The maximum Gasteiger partial charge on any atom is 0.316 e. The number of aryl methyl sites for hydroxylation is 1. The van der Waals surface area contributed by atoms with Crippen molar-refractivity contribution in [3.63, 3.8) is 0 Å². The maximum atomic E-state index is 11.8. The number of carbonyl (C=O) groups excluding carboxylic acids is 3. The van der Waals surface area contributed by atoms with Crippen LogP contribution in [0.2, 0.25) is 0 Å². The first-order chi connectivity index (χ1) is 13.3. The van der Waals surface area contributed by atoms with Crippen LogP contribution < -0.4 is 10.9 Å². The lowest BCUT2D eigenvalue weighted by Crippen LogP contribution is -2.43. The number of amides is 2. The van der Waals surface area contributed by atoms with Gasteiger partial charge in [-0.15, -0.1) is 11.8 Å². The molecule has 0 aliphatic rings. The van der Waals surface area contributed by atoms with Crippen molar-refractivity contribution in [3.05, 3.63) is 69.8 Å². The summed E-state index contributed by atoms with van der Waals surface area (Å²) in [5.74, 6) is -1.90. The van der Waals surface area contributed by atoms with E-state index in [-0.39, 0.29) is 17.0 Å². The molecule has 0 radical (unpaired) electrons. The summed E-state index contributed by atoms with van der Waals surface area (Å²) in [6.45, 7) is 1.41. The van der Waals surface area contributed by atoms with E-state index >= 15 is 0 Å². The third kappa shape index (κ3) is 6.72. The number of carbonyl (C=O) groups is 3. The predicted molar refractivity (Wildman–Crippen MR) is 102 cm³/mol. The van der Waals surface area contributed by atoms with Crippen LogP contribution in [0.15, 0.2) is 53.4 Å². The van der Waals surface area contributed by atoms with Crippen LogP contribution in [0, 0.1) is 17.0 Å².